The highest BCUT2D eigenvalue weighted by atomic mass is 19.1. The number of nitrogens with one attached hydrogen (secondary N) is 1. The molecule has 5 aromatic rings. The van der Waals surface area contributed by atoms with Crippen LogP contribution < -0.4 is 5.69 Å². The number of ether oxygens (including phenoxy) is 1. The van der Waals surface area contributed by atoms with Crippen LogP contribution in [0.15, 0.2) is 65.8 Å². The largest absolute Gasteiger partial charge is 0.381 e. The summed E-state index contributed by atoms with van der Waals surface area (Å²) in [6.45, 7) is 2.04. The Morgan fingerprint density at radius 1 is 1.06 bits per heavy atom. The third-order valence-corrected chi connectivity index (χ3v) is 6.38. The Balaban J connectivity index is 1.53. The number of hydrogen-bond acceptors (Lipinski definition) is 4. The standard InChI is InChI=1S/C25H22FN5O2/c26-21-14-28-23-20(21)10-17(12-27-23)18-11-22-24(29-13-18)31(19-4-2-1-3-5-19)25(32)30(22)15-16-6-8-33-9-7-16/h1-5,10-14,16H,6-9,15H2,(H,27,28). The smallest absolute Gasteiger partial charge is 0.334 e. The van der Waals surface area contributed by atoms with E-state index in [2.05, 4.69) is 15.0 Å². The molecule has 7 nitrogen and oxygen atoms in total. The van der Waals surface area contributed by atoms with Crippen molar-refractivity contribution in [2.75, 3.05) is 13.2 Å². The summed E-state index contributed by atoms with van der Waals surface area (Å²) in [6.07, 6.45) is 6.55. The van der Waals surface area contributed by atoms with Gasteiger partial charge >= 0.3 is 5.69 Å². The van der Waals surface area contributed by atoms with Crippen molar-refractivity contribution in [2.45, 2.75) is 19.4 Å². The van der Waals surface area contributed by atoms with Gasteiger partial charge in [0.25, 0.3) is 0 Å². The monoisotopic (exact) mass is 443 g/mol. The zero-order chi connectivity index (χ0) is 22.4. The van der Waals surface area contributed by atoms with E-state index in [4.69, 9.17) is 4.74 Å². The molecule has 0 spiro atoms. The minimum Gasteiger partial charge on any atom is -0.381 e. The van der Waals surface area contributed by atoms with Crippen LogP contribution in [0.2, 0.25) is 0 Å². The normalized spacial score (nSPS) is 14.9. The SMILES string of the molecule is O=c1n(CC2CCOCC2)c2cc(-c3cnc4[nH]cc(F)c4c3)cnc2n1-c1ccccc1. The molecule has 8 heteroatoms. The van der Waals surface area contributed by atoms with Gasteiger partial charge in [0.2, 0.25) is 0 Å². The van der Waals surface area contributed by atoms with Gasteiger partial charge in [0.1, 0.15) is 11.5 Å². The van der Waals surface area contributed by atoms with Gasteiger partial charge in [-0.2, -0.15) is 0 Å². The molecule has 0 unspecified atom stereocenters. The van der Waals surface area contributed by atoms with Gasteiger partial charge < -0.3 is 9.72 Å². The predicted octanol–water partition coefficient (Wildman–Crippen LogP) is 4.30. The number of aromatic nitrogens is 5. The van der Waals surface area contributed by atoms with Crippen molar-refractivity contribution in [3.05, 3.63) is 77.4 Å². The molecule has 1 N–H and O–H groups in total. The van der Waals surface area contributed by atoms with E-state index in [-0.39, 0.29) is 11.5 Å². The Morgan fingerprint density at radius 2 is 1.82 bits per heavy atom. The molecule has 1 saturated heterocycles. The summed E-state index contributed by atoms with van der Waals surface area (Å²) in [5, 5.41) is 0.425. The topological polar surface area (TPSA) is 77.7 Å². The number of benzene rings is 1. The molecule has 5 heterocycles. The highest BCUT2D eigenvalue weighted by molar-refractivity contribution is 5.85. The van der Waals surface area contributed by atoms with E-state index in [1.54, 1.807) is 23.0 Å². The Hall–Kier alpha value is -3.78. The van der Waals surface area contributed by atoms with Gasteiger partial charge in [-0.3, -0.25) is 4.57 Å². The number of fused-ring (bicyclic) bond motifs is 2. The number of imidazole rings is 1. The molecule has 1 aliphatic heterocycles. The number of halogens is 1. The molecule has 0 radical (unpaired) electrons. The fraction of sp³-hybridized carbons (Fsp3) is 0.240. The van der Waals surface area contributed by atoms with Crippen molar-refractivity contribution in [1.82, 2.24) is 24.1 Å². The average molecular weight is 443 g/mol. The molecule has 166 valence electrons. The van der Waals surface area contributed by atoms with E-state index in [1.807, 2.05) is 41.0 Å². The van der Waals surface area contributed by atoms with E-state index >= 15 is 0 Å². The van der Waals surface area contributed by atoms with Crippen molar-refractivity contribution in [1.29, 1.82) is 0 Å². The molecule has 4 aromatic heterocycles. The lowest BCUT2D eigenvalue weighted by molar-refractivity contribution is 0.0613. The molecule has 0 aliphatic carbocycles. The van der Waals surface area contributed by atoms with Crippen molar-refractivity contribution < 1.29 is 9.13 Å². The Morgan fingerprint density at radius 3 is 2.64 bits per heavy atom. The molecule has 0 bridgehead atoms. The summed E-state index contributed by atoms with van der Waals surface area (Å²) in [5.41, 5.74) is 4.04. The Bertz CT molecular complexity index is 1510. The molecule has 1 aliphatic rings. The number of H-pyrrole nitrogens is 1. The second-order valence-corrected chi connectivity index (χ2v) is 8.44. The first kappa shape index (κ1) is 19.9. The van der Waals surface area contributed by atoms with Crippen LogP contribution in [-0.2, 0) is 11.3 Å². The Kier molecular flexibility index (Phi) is 4.80. The van der Waals surface area contributed by atoms with Crippen LogP contribution in [0.4, 0.5) is 4.39 Å². The molecule has 1 fully saturated rings. The second-order valence-electron chi connectivity index (χ2n) is 8.44. The number of aromatic amines is 1. The van der Waals surface area contributed by atoms with Gasteiger partial charge in [0.05, 0.1) is 16.6 Å². The van der Waals surface area contributed by atoms with E-state index < -0.39 is 0 Å². The summed E-state index contributed by atoms with van der Waals surface area (Å²) in [7, 11) is 0. The van der Waals surface area contributed by atoms with E-state index in [0.29, 0.717) is 42.4 Å². The first-order chi connectivity index (χ1) is 16.2. The molecular weight excluding hydrogens is 421 g/mol. The van der Waals surface area contributed by atoms with Crippen LogP contribution in [0, 0.1) is 11.7 Å². The summed E-state index contributed by atoms with van der Waals surface area (Å²) in [6, 6.07) is 13.3. The van der Waals surface area contributed by atoms with Crippen molar-refractivity contribution >= 4 is 22.2 Å². The quantitative estimate of drug-likeness (QED) is 0.449. The number of pyridine rings is 2. The van der Waals surface area contributed by atoms with Crippen LogP contribution >= 0.6 is 0 Å². The third kappa shape index (κ3) is 3.43. The lowest BCUT2D eigenvalue weighted by Crippen LogP contribution is -2.28. The zero-order valence-electron chi connectivity index (χ0n) is 17.9. The van der Waals surface area contributed by atoms with Crippen LogP contribution in [0.25, 0.3) is 39.0 Å². The van der Waals surface area contributed by atoms with E-state index in [1.165, 1.54) is 6.20 Å². The van der Waals surface area contributed by atoms with Gasteiger partial charge in [-0.25, -0.2) is 23.7 Å². The van der Waals surface area contributed by atoms with Gasteiger partial charge in [-0.1, -0.05) is 18.2 Å². The summed E-state index contributed by atoms with van der Waals surface area (Å²) in [5.74, 6) is 0.0157. The molecule has 0 amide bonds. The third-order valence-electron chi connectivity index (χ3n) is 6.38. The maximum Gasteiger partial charge on any atom is 0.334 e. The fourth-order valence-electron chi connectivity index (χ4n) is 4.59. The zero-order valence-corrected chi connectivity index (χ0v) is 17.9. The first-order valence-corrected chi connectivity index (χ1v) is 11.1. The molecule has 0 saturated carbocycles. The molecule has 33 heavy (non-hydrogen) atoms. The Labute approximate surface area is 188 Å². The van der Waals surface area contributed by atoms with Gasteiger partial charge in [-0.15, -0.1) is 0 Å². The highest BCUT2D eigenvalue weighted by Gasteiger charge is 2.21. The van der Waals surface area contributed by atoms with Crippen LogP contribution in [0.3, 0.4) is 0 Å². The molecule has 6 rings (SSSR count). The summed E-state index contributed by atoms with van der Waals surface area (Å²) >= 11 is 0. The fourth-order valence-corrected chi connectivity index (χ4v) is 4.59. The number of hydrogen-bond donors (Lipinski definition) is 1. The number of para-hydroxylation sites is 1. The minimum absolute atomic E-state index is 0.113. The minimum atomic E-state index is -0.347. The summed E-state index contributed by atoms with van der Waals surface area (Å²) in [4.78, 5) is 25.4. The van der Waals surface area contributed by atoms with Crippen LogP contribution in [-0.4, -0.2) is 37.3 Å². The predicted molar refractivity (Wildman–Crippen MR) is 124 cm³/mol. The van der Waals surface area contributed by atoms with Crippen LogP contribution in [0.1, 0.15) is 12.8 Å². The first-order valence-electron chi connectivity index (χ1n) is 11.1. The van der Waals surface area contributed by atoms with Crippen LogP contribution in [0.5, 0.6) is 0 Å². The summed E-state index contributed by atoms with van der Waals surface area (Å²) < 4.78 is 23.1. The lowest BCUT2D eigenvalue weighted by Gasteiger charge is -2.22. The van der Waals surface area contributed by atoms with Crippen molar-refractivity contribution in [3.63, 3.8) is 0 Å². The number of rotatable bonds is 4. The molecular formula is C25H22FN5O2. The maximum atomic E-state index is 14.1. The highest BCUT2D eigenvalue weighted by Crippen LogP contribution is 2.27. The number of nitrogens with zero attached hydrogens (tertiary/aromatic N) is 4. The lowest BCUT2D eigenvalue weighted by atomic mass is 10.0. The maximum absolute atomic E-state index is 14.1. The van der Waals surface area contributed by atoms with E-state index in [0.717, 1.165) is 35.2 Å². The van der Waals surface area contributed by atoms with Gasteiger partial charge in [-0.05, 0) is 43.0 Å². The second kappa shape index (κ2) is 7.97. The van der Waals surface area contributed by atoms with Crippen molar-refractivity contribution in [2.24, 2.45) is 5.92 Å². The van der Waals surface area contributed by atoms with Crippen molar-refractivity contribution in [3.8, 4) is 16.8 Å². The van der Waals surface area contributed by atoms with E-state index in [9.17, 15) is 9.18 Å². The van der Waals surface area contributed by atoms with Gasteiger partial charge in [0.15, 0.2) is 5.65 Å². The molecule has 0 atom stereocenters. The van der Waals surface area contributed by atoms with Gasteiger partial charge in [0, 0.05) is 49.5 Å². The molecule has 1 aromatic carbocycles. The average Bonchev–Trinajstić information content (AvgIpc) is 3.36.